The fourth-order valence-electron chi connectivity index (χ4n) is 4.51. The van der Waals surface area contributed by atoms with Crippen molar-refractivity contribution in [2.24, 2.45) is 0 Å². The fourth-order valence-corrected chi connectivity index (χ4v) is 5.19. The Kier molecular flexibility index (Phi) is 6.91. The standard InChI is InChI=1S/C25H27FN6O2S/c1-33-22-10-5-18(16-23(22)34-2)24(25-27-28-29-32(25)17-21-4-3-15-35-21)31-13-11-30(12-14-31)20-8-6-19(26)7-9-20/h3-10,15-16,24H,11-14,17H2,1-2H3/t24-/m1/s1. The van der Waals surface area contributed by atoms with Crippen LogP contribution in [0.1, 0.15) is 22.3 Å². The summed E-state index contributed by atoms with van der Waals surface area (Å²) in [6, 6.07) is 16.6. The summed E-state index contributed by atoms with van der Waals surface area (Å²) in [7, 11) is 3.27. The van der Waals surface area contributed by atoms with Gasteiger partial charge in [0.2, 0.25) is 0 Å². The molecule has 35 heavy (non-hydrogen) atoms. The lowest BCUT2D eigenvalue weighted by atomic mass is 10.0. The van der Waals surface area contributed by atoms with E-state index in [0.717, 1.165) is 43.3 Å². The van der Waals surface area contributed by atoms with Crippen LogP contribution in [0.25, 0.3) is 0 Å². The van der Waals surface area contributed by atoms with E-state index >= 15 is 0 Å². The zero-order chi connectivity index (χ0) is 24.2. The topological polar surface area (TPSA) is 68.5 Å². The fraction of sp³-hybridized carbons (Fsp3) is 0.320. The van der Waals surface area contributed by atoms with Gasteiger partial charge in [-0.2, -0.15) is 0 Å². The number of benzene rings is 2. The third kappa shape index (κ3) is 4.98. The van der Waals surface area contributed by atoms with Crippen LogP contribution in [0.2, 0.25) is 0 Å². The van der Waals surface area contributed by atoms with Gasteiger partial charge in [0.1, 0.15) is 5.82 Å². The van der Waals surface area contributed by atoms with E-state index in [4.69, 9.17) is 9.47 Å². The first kappa shape index (κ1) is 23.3. The Bertz CT molecular complexity index is 1240. The monoisotopic (exact) mass is 494 g/mol. The molecule has 0 spiro atoms. The van der Waals surface area contributed by atoms with Crippen molar-refractivity contribution in [2.45, 2.75) is 12.6 Å². The predicted octanol–water partition coefficient (Wildman–Crippen LogP) is 3.85. The van der Waals surface area contributed by atoms with Crippen LogP contribution < -0.4 is 14.4 Å². The normalized spacial score (nSPS) is 15.2. The summed E-state index contributed by atoms with van der Waals surface area (Å²) in [6.45, 7) is 3.81. The number of piperazine rings is 1. The number of methoxy groups -OCH3 is 2. The molecule has 2 aromatic heterocycles. The van der Waals surface area contributed by atoms with Gasteiger partial charge in [-0.15, -0.1) is 16.4 Å². The van der Waals surface area contributed by atoms with Gasteiger partial charge in [0, 0.05) is 36.7 Å². The SMILES string of the molecule is COc1ccc([C@H](c2nnnn2Cc2cccs2)N2CCN(c3ccc(F)cc3)CC2)cc1OC. The maximum Gasteiger partial charge on any atom is 0.173 e. The Labute approximate surface area is 207 Å². The molecule has 0 amide bonds. The minimum absolute atomic E-state index is 0.167. The molecule has 0 bridgehead atoms. The Hall–Kier alpha value is -3.50. The van der Waals surface area contributed by atoms with Gasteiger partial charge in [-0.05, 0) is 63.8 Å². The second-order valence-corrected chi connectivity index (χ2v) is 9.32. The van der Waals surface area contributed by atoms with Crippen LogP contribution in [0.4, 0.5) is 10.1 Å². The first-order chi connectivity index (χ1) is 17.2. The highest BCUT2D eigenvalue weighted by Gasteiger charge is 2.31. The lowest BCUT2D eigenvalue weighted by Crippen LogP contribution is -2.48. The maximum atomic E-state index is 13.4. The molecule has 8 nitrogen and oxygen atoms in total. The van der Waals surface area contributed by atoms with E-state index in [-0.39, 0.29) is 11.9 Å². The Morgan fingerprint density at radius 3 is 2.43 bits per heavy atom. The minimum atomic E-state index is -0.224. The number of tetrazole rings is 1. The summed E-state index contributed by atoms with van der Waals surface area (Å²) < 4.78 is 26.3. The van der Waals surface area contributed by atoms with E-state index in [1.54, 1.807) is 25.6 Å². The van der Waals surface area contributed by atoms with Crippen molar-refractivity contribution >= 4 is 17.0 Å². The van der Waals surface area contributed by atoms with Gasteiger partial charge in [-0.1, -0.05) is 12.1 Å². The maximum absolute atomic E-state index is 13.4. The molecule has 1 aliphatic heterocycles. The molecule has 0 radical (unpaired) electrons. The van der Waals surface area contributed by atoms with Gasteiger partial charge in [-0.25, -0.2) is 9.07 Å². The lowest BCUT2D eigenvalue weighted by molar-refractivity contribution is 0.201. The van der Waals surface area contributed by atoms with Crippen molar-refractivity contribution in [1.82, 2.24) is 25.1 Å². The summed E-state index contributed by atoms with van der Waals surface area (Å²) in [4.78, 5) is 5.85. The van der Waals surface area contributed by atoms with Crippen LogP contribution in [0.3, 0.4) is 0 Å². The molecule has 1 atom stereocenters. The van der Waals surface area contributed by atoms with E-state index < -0.39 is 0 Å². The van der Waals surface area contributed by atoms with Crippen LogP contribution in [-0.2, 0) is 6.54 Å². The molecule has 1 saturated heterocycles. The quantitative estimate of drug-likeness (QED) is 0.369. The van der Waals surface area contributed by atoms with E-state index in [1.165, 1.54) is 17.0 Å². The predicted molar refractivity (Wildman–Crippen MR) is 133 cm³/mol. The van der Waals surface area contributed by atoms with Crippen LogP contribution >= 0.6 is 11.3 Å². The molecule has 1 aliphatic rings. The number of aromatic nitrogens is 4. The van der Waals surface area contributed by atoms with Gasteiger partial charge >= 0.3 is 0 Å². The highest BCUT2D eigenvalue weighted by molar-refractivity contribution is 7.09. The number of hydrogen-bond donors (Lipinski definition) is 0. The van der Waals surface area contributed by atoms with Crippen LogP contribution in [0, 0.1) is 5.82 Å². The second kappa shape index (κ2) is 10.4. The summed E-state index contributed by atoms with van der Waals surface area (Å²) in [6.07, 6.45) is 0. The zero-order valence-electron chi connectivity index (χ0n) is 19.7. The summed E-state index contributed by atoms with van der Waals surface area (Å²) >= 11 is 1.68. The third-order valence-corrected chi connectivity index (χ3v) is 7.15. The molecule has 4 aromatic rings. The van der Waals surface area contributed by atoms with E-state index in [9.17, 15) is 4.39 Å². The van der Waals surface area contributed by atoms with Crippen LogP contribution in [0.5, 0.6) is 11.5 Å². The first-order valence-electron chi connectivity index (χ1n) is 11.4. The highest BCUT2D eigenvalue weighted by atomic mass is 32.1. The van der Waals surface area contributed by atoms with Gasteiger partial charge in [0.05, 0.1) is 26.8 Å². The molecule has 10 heteroatoms. The molecule has 2 aromatic carbocycles. The largest absolute Gasteiger partial charge is 0.493 e. The molecular formula is C25H27FN6O2S. The van der Waals surface area contributed by atoms with E-state index in [1.807, 2.05) is 41.1 Å². The van der Waals surface area contributed by atoms with Crippen molar-refractivity contribution in [3.63, 3.8) is 0 Å². The van der Waals surface area contributed by atoms with Gasteiger partial charge in [0.15, 0.2) is 17.3 Å². The molecule has 5 rings (SSSR count). The molecule has 0 unspecified atom stereocenters. The Morgan fingerprint density at radius 2 is 1.74 bits per heavy atom. The molecule has 1 fully saturated rings. The van der Waals surface area contributed by atoms with Gasteiger partial charge in [-0.3, -0.25) is 4.90 Å². The average Bonchev–Trinajstić information content (AvgIpc) is 3.58. The average molecular weight is 495 g/mol. The minimum Gasteiger partial charge on any atom is -0.493 e. The molecule has 0 saturated carbocycles. The smallest absolute Gasteiger partial charge is 0.173 e. The Balaban J connectivity index is 1.46. The van der Waals surface area contributed by atoms with Crippen LogP contribution in [-0.4, -0.2) is 65.5 Å². The third-order valence-electron chi connectivity index (χ3n) is 6.28. The van der Waals surface area contributed by atoms with E-state index in [2.05, 4.69) is 36.8 Å². The van der Waals surface area contributed by atoms with Gasteiger partial charge in [0.25, 0.3) is 0 Å². The summed E-state index contributed by atoms with van der Waals surface area (Å²) in [5, 5.41) is 14.9. The zero-order valence-corrected chi connectivity index (χ0v) is 20.5. The van der Waals surface area contributed by atoms with Gasteiger partial charge < -0.3 is 14.4 Å². The summed E-state index contributed by atoms with van der Waals surface area (Å²) in [5.74, 6) is 1.89. The molecule has 182 valence electrons. The lowest BCUT2D eigenvalue weighted by Gasteiger charge is -2.40. The molecule has 0 N–H and O–H groups in total. The number of thiophene rings is 1. The first-order valence-corrected chi connectivity index (χ1v) is 12.3. The Morgan fingerprint density at radius 1 is 0.971 bits per heavy atom. The molecule has 3 heterocycles. The number of halogens is 1. The van der Waals surface area contributed by atoms with Crippen molar-refractivity contribution < 1.29 is 13.9 Å². The molecule has 0 aliphatic carbocycles. The highest BCUT2D eigenvalue weighted by Crippen LogP contribution is 2.35. The summed E-state index contributed by atoms with van der Waals surface area (Å²) in [5.41, 5.74) is 2.05. The van der Waals surface area contributed by atoms with Crippen LogP contribution in [0.15, 0.2) is 60.0 Å². The number of hydrogen-bond acceptors (Lipinski definition) is 8. The number of ether oxygens (including phenoxy) is 2. The van der Waals surface area contributed by atoms with Crippen molar-refractivity contribution in [3.05, 3.63) is 82.1 Å². The second-order valence-electron chi connectivity index (χ2n) is 8.29. The number of nitrogens with zero attached hydrogens (tertiary/aromatic N) is 6. The van der Waals surface area contributed by atoms with Crippen molar-refractivity contribution in [1.29, 1.82) is 0 Å². The van der Waals surface area contributed by atoms with Crippen molar-refractivity contribution in [2.75, 3.05) is 45.3 Å². The number of anilines is 1. The molecular weight excluding hydrogens is 467 g/mol. The number of rotatable bonds is 8. The van der Waals surface area contributed by atoms with Crippen molar-refractivity contribution in [3.8, 4) is 11.5 Å². The van der Waals surface area contributed by atoms with E-state index in [0.29, 0.717) is 18.0 Å².